The zero-order chi connectivity index (χ0) is 9.19. The monoisotopic (exact) mass is 252 g/mol. The van der Waals surface area contributed by atoms with Crippen molar-refractivity contribution in [2.24, 2.45) is 0 Å². The van der Waals surface area contributed by atoms with Gasteiger partial charge in [0, 0.05) is 38.2 Å². The summed E-state index contributed by atoms with van der Waals surface area (Å²) in [7, 11) is 0. The molecule has 0 bridgehead atoms. The molecule has 71 valence electrons. The summed E-state index contributed by atoms with van der Waals surface area (Å²) in [4.78, 5) is 2.42. The maximum absolute atomic E-state index is 5.46. The number of hydrogen-bond acceptors (Lipinski definition) is 1. The predicted molar refractivity (Wildman–Crippen MR) is 51.6 cm³/mol. The van der Waals surface area contributed by atoms with Gasteiger partial charge in [-0.15, -0.1) is 6.42 Å². The van der Waals surface area contributed by atoms with Crippen molar-refractivity contribution in [3.05, 3.63) is 24.3 Å². The molecule has 0 saturated carbocycles. The Bertz CT molecular complexity index is 201. The molecule has 0 aromatic heterocycles. The van der Waals surface area contributed by atoms with Crippen LogP contribution in [0.5, 0.6) is 0 Å². The van der Waals surface area contributed by atoms with Crippen LogP contribution in [0, 0.1) is 12.7 Å². The van der Waals surface area contributed by atoms with Gasteiger partial charge in [0.05, 0.1) is 0 Å². The van der Waals surface area contributed by atoms with Crippen molar-refractivity contribution in [2.45, 2.75) is 32.7 Å². The van der Waals surface area contributed by atoms with Gasteiger partial charge < -0.3 is 29.2 Å². The molecule has 0 unspecified atom stereocenters. The number of hydrogen-bond donors (Lipinski definition) is 0. The third kappa shape index (κ3) is 4.06. The molecule has 0 saturated heterocycles. The molecular weight excluding hydrogens is 235 g/mol. The van der Waals surface area contributed by atoms with Crippen molar-refractivity contribution in [2.75, 3.05) is 13.1 Å². The first kappa shape index (κ1) is 13.5. The minimum atomic E-state index is 0. The first-order chi connectivity index (χ1) is 5.54. The molecule has 1 aliphatic rings. The molecule has 1 aliphatic heterocycles. The summed E-state index contributed by atoms with van der Waals surface area (Å²) in [5.41, 5.74) is 1.38. The first-order valence-electron chi connectivity index (χ1n) is 4.44. The summed E-state index contributed by atoms with van der Waals surface area (Å²) < 4.78 is 0. The minimum Gasteiger partial charge on any atom is -0.394 e. The van der Waals surface area contributed by atoms with Gasteiger partial charge in [-0.2, -0.15) is 0 Å². The Morgan fingerprint density at radius 1 is 1.46 bits per heavy atom. The van der Waals surface area contributed by atoms with Gasteiger partial charge in [-0.1, -0.05) is 6.54 Å². The van der Waals surface area contributed by atoms with Gasteiger partial charge in [0.25, 0.3) is 0 Å². The Labute approximate surface area is 107 Å². The number of nitrogens with zero attached hydrogens (tertiary/aromatic N) is 1. The molecule has 0 spiro atoms. The van der Waals surface area contributed by atoms with Gasteiger partial charge in [0.2, 0.25) is 0 Å². The molecule has 0 aromatic rings. The van der Waals surface area contributed by atoms with Gasteiger partial charge in [0.15, 0.2) is 0 Å². The van der Waals surface area contributed by atoms with Crippen LogP contribution < -0.4 is 0 Å². The molecule has 0 fully saturated rings. The number of rotatable bonds is 1. The Morgan fingerprint density at radius 3 is 2.54 bits per heavy atom. The Hall–Kier alpha value is 0.544. The van der Waals surface area contributed by atoms with Crippen molar-refractivity contribution >= 4 is 0 Å². The van der Waals surface area contributed by atoms with E-state index in [1.54, 1.807) is 6.08 Å². The van der Waals surface area contributed by atoms with E-state index in [4.69, 9.17) is 6.58 Å². The second-order valence-electron chi connectivity index (χ2n) is 4.21. The normalized spacial score (nSPS) is 18.8. The molecule has 1 nitrogen and oxygen atoms in total. The van der Waals surface area contributed by atoms with Gasteiger partial charge in [-0.05, 0) is 27.3 Å². The van der Waals surface area contributed by atoms with E-state index in [0.29, 0.717) is 0 Å². The molecule has 0 aliphatic carbocycles. The van der Waals surface area contributed by atoms with E-state index in [9.17, 15) is 0 Å². The summed E-state index contributed by atoms with van der Waals surface area (Å²) in [6.45, 7) is 14.2. The molecule has 0 aromatic carbocycles. The van der Waals surface area contributed by atoms with Crippen molar-refractivity contribution < 1.29 is 32.7 Å². The van der Waals surface area contributed by atoms with Gasteiger partial charge in [-0.25, -0.2) is 0 Å². The van der Waals surface area contributed by atoms with Crippen LogP contribution in [0.15, 0.2) is 11.6 Å². The summed E-state index contributed by atoms with van der Waals surface area (Å²) in [6.07, 6.45) is 5.93. The molecule has 1 rings (SSSR count). The van der Waals surface area contributed by atoms with Crippen LogP contribution in [0.3, 0.4) is 0 Å². The van der Waals surface area contributed by atoms with Crippen LogP contribution in [0.25, 0.3) is 0 Å². The van der Waals surface area contributed by atoms with Crippen LogP contribution in [0.2, 0.25) is 0 Å². The smallest absolute Gasteiger partial charge is 0.0110 e. The molecule has 0 N–H and O–H groups in total. The van der Waals surface area contributed by atoms with Crippen LogP contribution in [-0.2, 0) is 32.7 Å². The molecular formula is C11H17NY-2. The molecule has 13 heavy (non-hydrogen) atoms. The topological polar surface area (TPSA) is 3.24 Å². The molecule has 1 radical (unpaired) electrons. The van der Waals surface area contributed by atoms with Crippen molar-refractivity contribution in [3.8, 4) is 0 Å². The standard InChI is InChI=1S/C11H17N.Y/c1-5-10-7-6-8-12(9-10)11(2,3)4;/h1,5H,6,8-9H2,2-4H3;/q-2;. The van der Waals surface area contributed by atoms with Crippen LogP contribution in [0.4, 0.5) is 0 Å². The van der Waals surface area contributed by atoms with E-state index in [0.717, 1.165) is 25.1 Å². The van der Waals surface area contributed by atoms with Gasteiger partial charge in [0.1, 0.15) is 0 Å². The summed E-state index contributed by atoms with van der Waals surface area (Å²) in [5.74, 6) is 0. The molecule has 0 atom stereocenters. The Morgan fingerprint density at radius 2 is 2.08 bits per heavy atom. The van der Waals surface area contributed by atoms with E-state index < -0.39 is 0 Å². The third-order valence-corrected chi connectivity index (χ3v) is 2.24. The van der Waals surface area contributed by atoms with Gasteiger partial charge in [-0.3, -0.25) is 0 Å². The molecule has 0 amide bonds. The van der Waals surface area contributed by atoms with E-state index in [1.165, 1.54) is 0 Å². The fraction of sp³-hybridized carbons (Fsp3) is 0.636. The van der Waals surface area contributed by atoms with Crippen LogP contribution >= 0.6 is 0 Å². The zero-order valence-electron chi connectivity index (χ0n) is 8.80. The van der Waals surface area contributed by atoms with E-state index >= 15 is 0 Å². The first-order valence-corrected chi connectivity index (χ1v) is 4.44. The second kappa shape index (κ2) is 5.43. The van der Waals surface area contributed by atoms with Crippen LogP contribution in [0.1, 0.15) is 27.2 Å². The summed E-state index contributed by atoms with van der Waals surface area (Å²) in [6, 6.07) is 0. The maximum Gasteiger partial charge on any atom is 0.0110 e. The van der Waals surface area contributed by atoms with Crippen molar-refractivity contribution in [3.63, 3.8) is 0 Å². The van der Waals surface area contributed by atoms with E-state index in [1.807, 2.05) is 0 Å². The summed E-state index contributed by atoms with van der Waals surface area (Å²) >= 11 is 0. The van der Waals surface area contributed by atoms with Crippen LogP contribution in [-0.4, -0.2) is 23.5 Å². The zero-order valence-corrected chi connectivity index (χ0v) is 11.6. The van der Waals surface area contributed by atoms with E-state index in [2.05, 4.69) is 31.7 Å². The minimum absolute atomic E-state index is 0. The fourth-order valence-corrected chi connectivity index (χ4v) is 1.38. The molecule has 2 heteroatoms. The maximum atomic E-state index is 5.46. The second-order valence-corrected chi connectivity index (χ2v) is 4.21. The predicted octanol–water partition coefficient (Wildman–Crippen LogP) is 2.21. The quantitative estimate of drug-likeness (QED) is 0.647. The summed E-state index contributed by atoms with van der Waals surface area (Å²) in [5, 5.41) is 0. The average Bonchev–Trinajstić information content (AvgIpc) is 2.03. The SMILES string of the molecule is [CH-]=CC1=[C-]CCN(C(C)(C)C)C1.[Y]. The largest absolute Gasteiger partial charge is 0.394 e. The molecule has 1 heterocycles. The average molecular weight is 252 g/mol. The van der Waals surface area contributed by atoms with Crippen molar-refractivity contribution in [1.82, 2.24) is 4.90 Å². The Kier molecular flexibility index (Phi) is 5.66. The van der Waals surface area contributed by atoms with Crippen molar-refractivity contribution in [1.29, 1.82) is 0 Å². The third-order valence-electron chi connectivity index (χ3n) is 2.24. The van der Waals surface area contributed by atoms with Gasteiger partial charge >= 0.3 is 0 Å². The fourth-order valence-electron chi connectivity index (χ4n) is 1.38. The van der Waals surface area contributed by atoms with E-state index in [-0.39, 0.29) is 38.2 Å². The Balaban J connectivity index is 0.00000144.